The van der Waals surface area contributed by atoms with Gasteiger partial charge in [-0.2, -0.15) is 5.26 Å². The van der Waals surface area contributed by atoms with Crippen molar-refractivity contribution in [2.75, 3.05) is 12.3 Å². The topological polar surface area (TPSA) is 141 Å². The van der Waals surface area contributed by atoms with E-state index in [0.29, 0.717) is 17.9 Å². The second-order valence-corrected chi connectivity index (χ2v) is 9.87. The standard InChI is InChI=1S/C26H22F2N8OS/c27-19-4-1-14(7-20(19)28)10-33-26(37)23-25(31-11-16(9-29)36-23)32-12-17-3-6-22(38-17)15-2-5-21-18(8-15)24(30)35-13-34-21/h1-6,8,11,13,20,23,25,32H,7,10,12H2,(H,33,37)(H2,30,34,35)/t20-,23?,25+/m1/s1. The van der Waals surface area contributed by atoms with E-state index in [2.05, 4.69) is 30.6 Å². The van der Waals surface area contributed by atoms with Crippen molar-refractivity contribution in [2.45, 2.75) is 31.3 Å². The lowest BCUT2D eigenvalue weighted by atomic mass is 10.0. The fraction of sp³-hybridized carbons (Fsp3) is 0.231. The molecule has 1 aliphatic carbocycles. The average molecular weight is 533 g/mol. The van der Waals surface area contributed by atoms with Crippen molar-refractivity contribution in [1.82, 2.24) is 20.6 Å². The summed E-state index contributed by atoms with van der Waals surface area (Å²) in [6, 6.07) is 10.7. The Kier molecular flexibility index (Phi) is 7.30. The number of carbonyl (C=O) groups excluding carboxylic acids is 1. The first-order chi connectivity index (χ1) is 18.4. The summed E-state index contributed by atoms with van der Waals surface area (Å²) in [5, 5.41) is 15.9. The minimum absolute atomic E-state index is 0.0341. The van der Waals surface area contributed by atoms with E-state index in [1.54, 1.807) is 11.3 Å². The summed E-state index contributed by atoms with van der Waals surface area (Å²) in [5.74, 6) is -0.883. The fourth-order valence-electron chi connectivity index (χ4n) is 4.11. The van der Waals surface area contributed by atoms with E-state index in [9.17, 15) is 18.8 Å². The number of aromatic nitrogens is 2. The number of nitrogens with zero attached hydrogens (tertiary/aromatic N) is 5. The van der Waals surface area contributed by atoms with E-state index in [1.807, 2.05) is 36.4 Å². The lowest BCUT2D eigenvalue weighted by Crippen LogP contribution is -2.49. The van der Waals surface area contributed by atoms with Crippen LogP contribution < -0.4 is 16.4 Å². The van der Waals surface area contributed by atoms with Gasteiger partial charge in [0.25, 0.3) is 0 Å². The number of halogens is 2. The summed E-state index contributed by atoms with van der Waals surface area (Å²) in [6.07, 6.45) is 2.73. The number of aliphatic imine (C=N–C) groups is 2. The fourth-order valence-corrected chi connectivity index (χ4v) is 5.06. The van der Waals surface area contributed by atoms with E-state index < -0.39 is 30.1 Å². The number of fused-ring (bicyclic) bond motifs is 1. The Morgan fingerprint density at radius 3 is 2.89 bits per heavy atom. The van der Waals surface area contributed by atoms with Crippen LogP contribution in [-0.2, 0) is 11.3 Å². The molecule has 0 fully saturated rings. The zero-order valence-corrected chi connectivity index (χ0v) is 20.8. The van der Waals surface area contributed by atoms with Gasteiger partial charge in [-0.15, -0.1) is 11.3 Å². The maximum atomic E-state index is 13.6. The predicted molar refractivity (Wildman–Crippen MR) is 143 cm³/mol. The minimum atomic E-state index is -1.71. The lowest BCUT2D eigenvalue weighted by Gasteiger charge is -2.24. The normalized spacial score (nSPS) is 20.9. The third-order valence-electron chi connectivity index (χ3n) is 6.12. The third kappa shape index (κ3) is 5.49. The zero-order valence-electron chi connectivity index (χ0n) is 19.9. The summed E-state index contributed by atoms with van der Waals surface area (Å²) < 4.78 is 26.9. The molecule has 12 heteroatoms. The summed E-state index contributed by atoms with van der Waals surface area (Å²) in [4.78, 5) is 31.8. The molecule has 5 rings (SSSR count). The van der Waals surface area contributed by atoms with Gasteiger partial charge in [-0.25, -0.2) is 18.7 Å². The molecule has 3 atom stereocenters. The SMILES string of the molecule is N#CC1=NC(C(=O)NCC2=CC=C(F)[C@H](F)C2)[C@H](NCc2ccc(-c3ccc4ncnc(N)c4c3)s2)N=C1. The summed E-state index contributed by atoms with van der Waals surface area (Å²) in [7, 11) is 0. The monoisotopic (exact) mass is 532 g/mol. The number of allylic oxidation sites excluding steroid dienone is 3. The molecular weight excluding hydrogens is 510 g/mol. The molecule has 192 valence electrons. The van der Waals surface area contributed by atoms with Gasteiger partial charge in [-0.05, 0) is 41.5 Å². The highest BCUT2D eigenvalue weighted by Gasteiger charge is 2.30. The van der Waals surface area contributed by atoms with Gasteiger partial charge in [0.15, 0.2) is 17.9 Å². The number of carbonyl (C=O) groups is 1. The Morgan fingerprint density at radius 1 is 1.21 bits per heavy atom. The number of amides is 1. The van der Waals surface area contributed by atoms with E-state index in [0.717, 1.165) is 32.3 Å². The van der Waals surface area contributed by atoms with Crippen molar-refractivity contribution in [3.05, 3.63) is 65.1 Å². The van der Waals surface area contributed by atoms with Crippen molar-refractivity contribution < 1.29 is 13.6 Å². The lowest BCUT2D eigenvalue weighted by molar-refractivity contribution is -0.122. The van der Waals surface area contributed by atoms with Crippen LogP contribution in [0.3, 0.4) is 0 Å². The van der Waals surface area contributed by atoms with E-state index >= 15 is 0 Å². The molecule has 0 bridgehead atoms. The first-order valence-electron chi connectivity index (χ1n) is 11.7. The highest BCUT2D eigenvalue weighted by Crippen LogP contribution is 2.31. The molecule has 1 aliphatic heterocycles. The number of rotatable bonds is 7. The number of alkyl halides is 1. The van der Waals surface area contributed by atoms with Crippen molar-refractivity contribution in [3.63, 3.8) is 0 Å². The second-order valence-electron chi connectivity index (χ2n) is 8.70. The third-order valence-corrected chi connectivity index (χ3v) is 7.26. The Labute approximate surface area is 220 Å². The predicted octanol–water partition coefficient (Wildman–Crippen LogP) is 3.41. The average Bonchev–Trinajstić information content (AvgIpc) is 3.41. The molecule has 2 aliphatic rings. The number of hydrogen-bond acceptors (Lipinski definition) is 9. The van der Waals surface area contributed by atoms with Gasteiger partial charge in [-0.1, -0.05) is 12.1 Å². The van der Waals surface area contributed by atoms with Crippen molar-refractivity contribution in [3.8, 4) is 16.5 Å². The van der Waals surface area contributed by atoms with Gasteiger partial charge in [0, 0.05) is 34.7 Å². The molecule has 0 saturated heterocycles. The first-order valence-corrected chi connectivity index (χ1v) is 12.5. The Hall–Kier alpha value is -4.34. The van der Waals surface area contributed by atoms with Gasteiger partial charge in [0.05, 0.1) is 11.7 Å². The number of nitriles is 1. The molecule has 2 aromatic heterocycles. The number of nitrogens with one attached hydrogen (secondary N) is 2. The highest BCUT2D eigenvalue weighted by molar-refractivity contribution is 7.15. The van der Waals surface area contributed by atoms with Gasteiger partial charge in [-0.3, -0.25) is 20.1 Å². The largest absolute Gasteiger partial charge is 0.383 e. The van der Waals surface area contributed by atoms with E-state index in [4.69, 9.17) is 5.73 Å². The van der Waals surface area contributed by atoms with E-state index in [-0.39, 0.29) is 18.7 Å². The minimum Gasteiger partial charge on any atom is -0.383 e. The molecule has 1 unspecified atom stereocenters. The molecule has 0 saturated carbocycles. The number of nitrogens with two attached hydrogens (primary N) is 1. The Balaban J connectivity index is 1.25. The van der Waals surface area contributed by atoms with Gasteiger partial charge in [0.1, 0.15) is 30.2 Å². The molecule has 4 N–H and O–H groups in total. The zero-order chi connectivity index (χ0) is 26.6. The molecule has 9 nitrogen and oxygen atoms in total. The van der Waals surface area contributed by atoms with Crippen LogP contribution in [0.1, 0.15) is 11.3 Å². The van der Waals surface area contributed by atoms with E-state index in [1.165, 1.54) is 18.6 Å². The quantitative estimate of drug-likeness (QED) is 0.426. The molecule has 3 aromatic rings. The summed E-state index contributed by atoms with van der Waals surface area (Å²) in [5.41, 5.74) is 8.33. The number of thiophene rings is 1. The van der Waals surface area contributed by atoms with Crippen LogP contribution in [-0.4, -0.2) is 52.7 Å². The van der Waals surface area contributed by atoms with Crippen LogP contribution in [0.2, 0.25) is 0 Å². The van der Waals surface area contributed by atoms with Crippen molar-refractivity contribution >= 4 is 45.9 Å². The molecule has 1 amide bonds. The van der Waals surface area contributed by atoms with Crippen LogP contribution in [0.5, 0.6) is 0 Å². The van der Waals surface area contributed by atoms with Crippen LogP contribution in [0.15, 0.2) is 70.2 Å². The second kappa shape index (κ2) is 11.0. The number of hydrogen-bond donors (Lipinski definition) is 3. The molecule has 3 heterocycles. The highest BCUT2D eigenvalue weighted by atomic mass is 32.1. The van der Waals surface area contributed by atoms with Gasteiger partial charge < -0.3 is 11.1 Å². The number of nitrogen functional groups attached to an aromatic ring is 1. The van der Waals surface area contributed by atoms with Crippen LogP contribution in [0, 0.1) is 11.3 Å². The molecule has 0 spiro atoms. The molecule has 0 radical (unpaired) electrons. The number of benzene rings is 1. The summed E-state index contributed by atoms with van der Waals surface area (Å²) in [6.45, 7) is 0.453. The van der Waals surface area contributed by atoms with Crippen LogP contribution in [0.25, 0.3) is 21.3 Å². The maximum Gasteiger partial charge on any atom is 0.248 e. The van der Waals surface area contributed by atoms with Crippen LogP contribution >= 0.6 is 11.3 Å². The van der Waals surface area contributed by atoms with Gasteiger partial charge >= 0.3 is 0 Å². The number of anilines is 1. The first kappa shape index (κ1) is 25.3. The van der Waals surface area contributed by atoms with Crippen LogP contribution in [0.4, 0.5) is 14.6 Å². The van der Waals surface area contributed by atoms with Crippen molar-refractivity contribution in [2.24, 2.45) is 9.98 Å². The molecule has 38 heavy (non-hydrogen) atoms. The Bertz CT molecular complexity index is 1550. The van der Waals surface area contributed by atoms with Crippen molar-refractivity contribution in [1.29, 1.82) is 5.26 Å². The smallest absolute Gasteiger partial charge is 0.248 e. The maximum absolute atomic E-state index is 13.6. The molecule has 1 aromatic carbocycles. The Morgan fingerprint density at radius 2 is 2.08 bits per heavy atom. The molecular formula is C26H22F2N8OS. The summed E-state index contributed by atoms with van der Waals surface area (Å²) >= 11 is 1.57. The van der Waals surface area contributed by atoms with Gasteiger partial charge in [0.2, 0.25) is 5.91 Å².